The van der Waals surface area contributed by atoms with Crippen LogP contribution in [-0.4, -0.2) is 35.0 Å². The second-order valence-electron chi connectivity index (χ2n) is 5.16. The summed E-state index contributed by atoms with van der Waals surface area (Å²) < 4.78 is 0.757. The number of hydrogen-bond donors (Lipinski definition) is 1. The minimum absolute atomic E-state index is 0.139. The van der Waals surface area contributed by atoms with Gasteiger partial charge in [0.1, 0.15) is 0 Å². The highest BCUT2D eigenvalue weighted by atomic mass is 79.9. The SMILES string of the molecule is CC1CN(Cc2cc(Br)cc([N+](=O)[O-])c2)C(C)CN1. The summed E-state index contributed by atoms with van der Waals surface area (Å²) in [6.45, 7) is 6.99. The van der Waals surface area contributed by atoms with Gasteiger partial charge in [0.15, 0.2) is 0 Å². The number of nitrogens with zero attached hydrogens (tertiary/aromatic N) is 2. The maximum atomic E-state index is 10.9. The molecule has 2 rings (SSSR count). The van der Waals surface area contributed by atoms with E-state index in [1.165, 1.54) is 6.07 Å². The highest BCUT2D eigenvalue weighted by molar-refractivity contribution is 9.10. The minimum atomic E-state index is -0.349. The third kappa shape index (κ3) is 3.75. The van der Waals surface area contributed by atoms with Gasteiger partial charge in [-0.05, 0) is 25.5 Å². The molecule has 1 aliphatic rings. The number of nitro groups is 1. The van der Waals surface area contributed by atoms with Gasteiger partial charge in [-0.25, -0.2) is 0 Å². The van der Waals surface area contributed by atoms with Gasteiger partial charge in [-0.2, -0.15) is 0 Å². The number of rotatable bonds is 3. The summed E-state index contributed by atoms with van der Waals surface area (Å²) in [5, 5.41) is 14.3. The molecule has 1 aromatic rings. The van der Waals surface area contributed by atoms with Gasteiger partial charge in [0.25, 0.3) is 5.69 Å². The van der Waals surface area contributed by atoms with E-state index in [0.717, 1.165) is 29.7 Å². The number of non-ortho nitro benzene ring substituents is 1. The molecule has 5 nitrogen and oxygen atoms in total. The van der Waals surface area contributed by atoms with Crippen molar-refractivity contribution in [3.8, 4) is 0 Å². The molecule has 0 bridgehead atoms. The van der Waals surface area contributed by atoms with Crippen LogP contribution < -0.4 is 5.32 Å². The zero-order chi connectivity index (χ0) is 14.0. The molecule has 6 heteroatoms. The van der Waals surface area contributed by atoms with Crippen LogP contribution in [0.2, 0.25) is 0 Å². The summed E-state index contributed by atoms with van der Waals surface area (Å²) in [6, 6.07) is 6.04. The topological polar surface area (TPSA) is 58.4 Å². The first-order valence-corrected chi connectivity index (χ1v) is 7.16. The molecule has 1 fully saturated rings. The van der Waals surface area contributed by atoms with Crippen molar-refractivity contribution in [2.75, 3.05) is 13.1 Å². The lowest BCUT2D eigenvalue weighted by Gasteiger charge is -2.37. The standard InChI is InChI=1S/C13H18BrN3O2/c1-9-7-16(10(2)6-15-9)8-11-3-12(14)5-13(4-11)17(18)19/h3-5,9-10,15H,6-8H2,1-2H3. The summed E-state index contributed by atoms with van der Waals surface area (Å²) in [5.74, 6) is 0. The van der Waals surface area contributed by atoms with E-state index in [1.807, 2.05) is 6.07 Å². The summed E-state index contributed by atoms with van der Waals surface area (Å²) in [7, 11) is 0. The molecule has 0 aromatic heterocycles. The van der Waals surface area contributed by atoms with Crippen molar-refractivity contribution in [3.05, 3.63) is 38.3 Å². The summed E-state index contributed by atoms with van der Waals surface area (Å²) in [6.07, 6.45) is 0. The quantitative estimate of drug-likeness (QED) is 0.684. The highest BCUT2D eigenvalue weighted by Gasteiger charge is 2.22. The minimum Gasteiger partial charge on any atom is -0.311 e. The van der Waals surface area contributed by atoms with E-state index in [0.29, 0.717) is 12.1 Å². The molecule has 1 aromatic carbocycles. The molecule has 0 radical (unpaired) electrons. The van der Waals surface area contributed by atoms with Gasteiger partial charge in [0.2, 0.25) is 0 Å². The van der Waals surface area contributed by atoms with E-state index >= 15 is 0 Å². The zero-order valence-electron chi connectivity index (χ0n) is 11.1. The fraction of sp³-hybridized carbons (Fsp3) is 0.538. The molecular weight excluding hydrogens is 310 g/mol. The molecule has 1 aliphatic heterocycles. The Morgan fingerprint density at radius 3 is 2.89 bits per heavy atom. The molecule has 2 unspecified atom stereocenters. The maximum absolute atomic E-state index is 10.9. The predicted octanol–water partition coefficient (Wildman–Crippen LogP) is 2.54. The first-order chi connectivity index (χ1) is 8.95. The van der Waals surface area contributed by atoms with Gasteiger partial charge < -0.3 is 5.32 Å². The largest absolute Gasteiger partial charge is 0.311 e. The van der Waals surface area contributed by atoms with Gasteiger partial charge >= 0.3 is 0 Å². The molecule has 19 heavy (non-hydrogen) atoms. The number of piperazine rings is 1. The van der Waals surface area contributed by atoms with Crippen LogP contribution >= 0.6 is 15.9 Å². The third-order valence-electron chi connectivity index (χ3n) is 3.43. The highest BCUT2D eigenvalue weighted by Crippen LogP contribution is 2.23. The molecule has 0 spiro atoms. The van der Waals surface area contributed by atoms with E-state index in [4.69, 9.17) is 0 Å². The van der Waals surface area contributed by atoms with E-state index in [9.17, 15) is 10.1 Å². The van der Waals surface area contributed by atoms with Gasteiger partial charge in [0, 0.05) is 48.3 Å². The van der Waals surface area contributed by atoms with Crippen molar-refractivity contribution in [2.24, 2.45) is 0 Å². The van der Waals surface area contributed by atoms with Gasteiger partial charge in [-0.3, -0.25) is 15.0 Å². The Morgan fingerprint density at radius 1 is 1.47 bits per heavy atom. The summed E-state index contributed by atoms with van der Waals surface area (Å²) in [5.41, 5.74) is 1.11. The monoisotopic (exact) mass is 327 g/mol. The number of halogens is 1. The molecule has 104 valence electrons. The fourth-order valence-electron chi connectivity index (χ4n) is 2.38. The van der Waals surface area contributed by atoms with E-state index in [2.05, 4.69) is 40.0 Å². The Balaban J connectivity index is 2.16. The number of hydrogen-bond acceptors (Lipinski definition) is 4. The summed E-state index contributed by atoms with van der Waals surface area (Å²) in [4.78, 5) is 12.9. The zero-order valence-corrected chi connectivity index (χ0v) is 12.7. The first kappa shape index (κ1) is 14.4. The Bertz CT molecular complexity index is 481. The Morgan fingerprint density at radius 2 is 2.21 bits per heavy atom. The van der Waals surface area contributed by atoms with Crippen LogP contribution in [-0.2, 0) is 6.54 Å². The smallest absolute Gasteiger partial charge is 0.270 e. The molecule has 0 amide bonds. The lowest BCUT2D eigenvalue weighted by molar-refractivity contribution is -0.385. The Labute approximate surface area is 121 Å². The van der Waals surface area contributed by atoms with Crippen molar-refractivity contribution >= 4 is 21.6 Å². The van der Waals surface area contributed by atoms with Crippen LogP contribution in [0.3, 0.4) is 0 Å². The first-order valence-electron chi connectivity index (χ1n) is 6.37. The van der Waals surface area contributed by atoms with E-state index in [1.54, 1.807) is 6.07 Å². The summed E-state index contributed by atoms with van der Waals surface area (Å²) >= 11 is 3.34. The molecule has 2 atom stereocenters. The van der Waals surface area contributed by atoms with Crippen LogP contribution in [0.4, 0.5) is 5.69 Å². The average molecular weight is 328 g/mol. The van der Waals surface area contributed by atoms with Crippen molar-refractivity contribution in [1.82, 2.24) is 10.2 Å². The molecule has 0 aliphatic carbocycles. The van der Waals surface area contributed by atoms with Crippen molar-refractivity contribution < 1.29 is 4.92 Å². The van der Waals surface area contributed by atoms with Crippen molar-refractivity contribution in [2.45, 2.75) is 32.5 Å². The van der Waals surface area contributed by atoms with Crippen molar-refractivity contribution in [3.63, 3.8) is 0 Å². The fourth-order valence-corrected chi connectivity index (χ4v) is 2.91. The predicted molar refractivity (Wildman–Crippen MR) is 78.1 cm³/mol. The lowest BCUT2D eigenvalue weighted by atomic mass is 10.1. The number of nitro benzene ring substituents is 1. The molecular formula is C13H18BrN3O2. The number of nitrogens with one attached hydrogen (secondary N) is 1. The Hall–Kier alpha value is -0.980. The van der Waals surface area contributed by atoms with Crippen LogP contribution in [0.25, 0.3) is 0 Å². The third-order valence-corrected chi connectivity index (χ3v) is 3.89. The number of benzene rings is 1. The van der Waals surface area contributed by atoms with Crippen LogP contribution in [0, 0.1) is 10.1 Å². The Kier molecular flexibility index (Phi) is 4.54. The van der Waals surface area contributed by atoms with Gasteiger partial charge in [-0.15, -0.1) is 0 Å². The molecule has 1 N–H and O–H groups in total. The molecule has 1 saturated heterocycles. The molecule has 0 saturated carbocycles. The maximum Gasteiger partial charge on any atom is 0.270 e. The van der Waals surface area contributed by atoms with Crippen LogP contribution in [0.1, 0.15) is 19.4 Å². The van der Waals surface area contributed by atoms with E-state index < -0.39 is 0 Å². The average Bonchev–Trinajstić information content (AvgIpc) is 2.33. The second kappa shape index (κ2) is 5.98. The van der Waals surface area contributed by atoms with Crippen LogP contribution in [0.15, 0.2) is 22.7 Å². The second-order valence-corrected chi connectivity index (χ2v) is 6.08. The lowest BCUT2D eigenvalue weighted by Crippen LogP contribution is -2.53. The van der Waals surface area contributed by atoms with E-state index in [-0.39, 0.29) is 10.6 Å². The molecule has 1 heterocycles. The van der Waals surface area contributed by atoms with Gasteiger partial charge in [0.05, 0.1) is 4.92 Å². The van der Waals surface area contributed by atoms with Crippen LogP contribution in [0.5, 0.6) is 0 Å². The van der Waals surface area contributed by atoms with Gasteiger partial charge in [-0.1, -0.05) is 15.9 Å². The van der Waals surface area contributed by atoms with Crippen molar-refractivity contribution in [1.29, 1.82) is 0 Å². The normalized spacial score (nSPS) is 24.4.